The summed E-state index contributed by atoms with van der Waals surface area (Å²) in [6, 6.07) is 0.657. The van der Waals surface area contributed by atoms with Gasteiger partial charge in [0.1, 0.15) is 11.6 Å². The normalized spacial score (nSPS) is 15.2. The number of hydrogen-bond acceptors (Lipinski definition) is 5. The molecule has 1 saturated carbocycles. The highest BCUT2D eigenvalue weighted by Crippen LogP contribution is 2.36. The van der Waals surface area contributed by atoms with Gasteiger partial charge in [-0.05, 0) is 32.6 Å². The largest absolute Gasteiger partial charge is 0.375 e. The summed E-state index contributed by atoms with van der Waals surface area (Å²) in [6.45, 7) is 2.04. The van der Waals surface area contributed by atoms with E-state index < -0.39 is 0 Å². The molecule has 0 aromatic carbocycles. The van der Waals surface area contributed by atoms with Crippen molar-refractivity contribution in [1.82, 2.24) is 19.7 Å². The van der Waals surface area contributed by atoms with Crippen molar-refractivity contribution in [1.29, 1.82) is 0 Å². The Hall–Kier alpha value is -1.43. The molecule has 0 spiro atoms. The minimum Gasteiger partial charge on any atom is -0.375 e. The van der Waals surface area contributed by atoms with Gasteiger partial charge in [0.15, 0.2) is 5.13 Å². The van der Waals surface area contributed by atoms with Crippen molar-refractivity contribution in [2.75, 3.05) is 5.73 Å². The standard InChI is InChI=1S/C12H17N5S/c1-8-15-16-11(17(8)10-5-6-10)4-2-3-9-7-18-12(13)14-9/h7,10H,2-6H2,1H3,(H2,13,14). The molecule has 18 heavy (non-hydrogen) atoms. The van der Waals surface area contributed by atoms with Crippen molar-refractivity contribution >= 4 is 16.5 Å². The van der Waals surface area contributed by atoms with Crippen LogP contribution in [0, 0.1) is 6.92 Å². The first kappa shape index (κ1) is 11.6. The van der Waals surface area contributed by atoms with E-state index in [4.69, 9.17) is 5.73 Å². The van der Waals surface area contributed by atoms with E-state index in [1.54, 1.807) is 0 Å². The zero-order valence-electron chi connectivity index (χ0n) is 10.5. The van der Waals surface area contributed by atoms with E-state index in [2.05, 4.69) is 19.7 Å². The minimum atomic E-state index is 0.655. The summed E-state index contributed by atoms with van der Waals surface area (Å²) >= 11 is 1.51. The molecular weight excluding hydrogens is 246 g/mol. The zero-order valence-corrected chi connectivity index (χ0v) is 11.3. The average Bonchev–Trinajstić information content (AvgIpc) is 2.99. The lowest BCUT2D eigenvalue weighted by Gasteiger charge is -2.05. The molecule has 0 amide bonds. The van der Waals surface area contributed by atoms with Crippen molar-refractivity contribution in [2.45, 2.75) is 45.1 Å². The van der Waals surface area contributed by atoms with E-state index in [1.165, 1.54) is 24.2 Å². The highest BCUT2D eigenvalue weighted by atomic mass is 32.1. The highest BCUT2D eigenvalue weighted by molar-refractivity contribution is 7.13. The molecule has 0 saturated heterocycles. The van der Waals surface area contributed by atoms with Crippen molar-refractivity contribution in [3.05, 3.63) is 22.7 Å². The van der Waals surface area contributed by atoms with Gasteiger partial charge in [0.2, 0.25) is 0 Å². The van der Waals surface area contributed by atoms with Gasteiger partial charge in [-0.2, -0.15) is 0 Å². The van der Waals surface area contributed by atoms with Gasteiger partial charge in [-0.15, -0.1) is 21.5 Å². The zero-order chi connectivity index (χ0) is 12.5. The summed E-state index contributed by atoms with van der Waals surface area (Å²) in [5.41, 5.74) is 6.71. The summed E-state index contributed by atoms with van der Waals surface area (Å²) in [5.74, 6) is 2.17. The Morgan fingerprint density at radius 1 is 1.39 bits per heavy atom. The van der Waals surface area contributed by atoms with Gasteiger partial charge in [0.05, 0.1) is 5.69 Å². The Kier molecular flexibility index (Phi) is 3.03. The van der Waals surface area contributed by atoms with E-state index in [-0.39, 0.29) is 0 Å². The molecule has 2 aromatic heterocycles. The van der Waals surface area contributed by atoms with E-state index in [0.29, 0.717) is 11.2 Å². The Morgan fingerprint density at radius 2 is 2.22 bits per heavy atom. The predicted octanol–water partition coefficient (Wildman–Crippen LogP) is 2.14. The van der Waals surface area contributed by atoms with Gasteiger partial charge in [-0.1, -0.05) is 0 Å². The van der Waals surface area contributed by atoms with Gasteiger partial charge in [0, 0.05) is 17.8 Å². The first-order chi connectivity index (χ1) is 8.74. The minimum absolute atomic E-state index is 0.655. The first-order valence-corrected chi connectivity index (χ1v) is 7.22. The van der Waals surface area contributed by atoms with E-state index in [0.717, 1.165) is 36.6 Å². The molecule has 1 aliphatic carbocycles. The number of thiazole rings is 1. The topological polar surface area (TPSA) is 69.6 Å². The van der Waals surface area contributed by atoms with Crippen LogP contribution < -0.4 is 5.73 Å². The lowest BCUT2D eigenvalue weighted by atomic mass is 10.2. The molecule has 0 atom stereocenters. The van der Waals surface area contributed by atoms with E-state index in [1.807, 2.05) is 12.3 Å². The summed E-state index contributed by atoms with van der Waals surface area (Å²) in [4.78, 5) is 4.27. The maximum absolute atomic E-state index is 5.62. The molecule has 3 rings (SSSR count). The van der Waals surface area contributed by atoms with E-state index >= 15 is 0 Å². The SMILES string of the molecule is Cc1nnc(CCCc2csc(N)n2)n1C1CC1. The van der Waals surface area contributed by atoms with Crippen LogP contribution >= 0.6 is 11.3 Å². The van der Waals surface area contributed by atoms with Gasteiger partial charge < -0.3 is 10.3 Å². The van der Waals surface area contributed by atoms with Crippen molar-refractivity contribution in [3.63, 3.8) is 0 Å². The van der Waals surface area contributed by atoms with Crippen LogP contribution in [0.5, 0.6) is 0 Å². The second-order valence-corrected chi connectivity index (χ2v) is 5.68. The van der Waals surface area contributed by atoms with Gasteiger partial charge in [0.25, 0.3) is 0 Å². The molecule has 96 valence electrons. The maximum atomic E-state index is 5.62. The van der Waals surface area contributed by atoms with Crippen LogP contribution in [0.4, 0.5) is 5.13 Å². The summed E-state index contributed by atoms with van der Waals surface area (Å²) < 4.78 is 2.30. The molecule has 1 fully saturated rings. The Bertz CT molecular complexity index is 540. The third kappa shape index (κ3) is 2.38. The number of nitrogens with zero attached hydrogens (tertiary/aromatic N) is 4. The number of anilines is 1. The predicted molar refractivity (Wildman–Crippen MR) is 71.6 cm³/mol. The van der Waals surface area contributed by atoms with Crippen LogP contribution in [0.15, 0.2) is 5.38 Å². The molecule has 2 N–H and O–H groups in total. The summed E-state index contributed by atoms with van der Waals surface area (Å²) in [6.07, 6.45) is 5.52. The second-order valence-electron chi connectivity index (χ2n) is 4.80. The van der Waals surface area contributed by atoms with Crippen LogP contribution in [0.1, 0.15) is 42.6 Å². The van der Waals surface area contributed by atoms with E-state index in [9.17, 15) is 0 Å². The molecule has 0 bridgehead atoms. The summed E-state index contributed by atoms with van der Waals surface area (Å²) in [5, 5.41) is 11.2. The molecule has 5 nitrogen and oxygen atoms in total. The number of aryl methyl sites for hydroxylation is 3. The molecule has 2 aromatic rings. The van der Waals surface area contributed by atoms with Gasteiger partial charge in [-0.3, -0.25) is 0 Å². The summed E-state index contributed by atoms with van der Waals surface area (Å²) in [7, 11) is 0. The smallest absolute Gasteiger partial charge is 0.180 e. The van der Waals surface area contributed by atoms with Gasteiger partial charge >= 0.3 is 0 Å². The Morgan fingerprint density at radius 3 is 2.89 bits per heavy atom. The number of nitrogen functional groups attached to an aromatic ring is 1. The Labute approximate surface area is 110 Å². The third-order valence-corrected chi connectivity index (χ3v) is 3.97. The Balaban J connectivity index is 1.60. The molecule has 1 aliphatic rings. The number of aromatic nitrogens is 4. The van der Waals surface area contributed by atoms with Crippen LogP contribution in [0.2, 0.25) is 0 Å². The van der Waals surface area contributed by atoms with Crippen molar-refractivity contribution < 1.29 is 0 Å². The molecule has 0 unspecified atom stereocenters. The van der Waals surface area contributed by atoms with Gasteiger partial charge in [-0.25, -0.2) is 4.98 Å². The number of rotatable bonds is 5. The lowest BCUT2D eigenvalue weighted by molar-refractivity contribution is 0.640. The number of hydrogen-bond donors (Lipinski definition) is 1. The first-order valence-electron chi connectivity index (χ1n) is 6.34. The van der Waals surface area contributed by atoms with Crippen molar-refractivity contribution in [3.8, 4) is 0 Å². The molecule has 0 aliphatic heterocycles. The lowest BCUT2D eigenvalue weighted by Crippen LogP contribution is -2.04. The average molecular weight is 263 g/mol. The van der Waals surface area contributed by atoms with Crippen LogP contribution in [0.25, 0.3) is 0 Å². The molecule has 2 heterocycles. The van der Waals surface area contributed by atoms with Crippen LogP contribution in [-0.4, -0.2) is 19.7 Å². The molecule has 6 heteroatoms. The third-order valence-electron chi connectivity index (χ3n) is 3.25. The maximum Gasteiger partial charge on any atom is 0.180 e. The fourth-order valence-electron chi connectivity index (χ4n) is 2.26. The van der Waals surface area contributed by atoms with Crippen molar-refractivity contribution in [2.24, 2.45) is 0 Å². The monoisotopic (exact) mass is 263 g/mol. The van der Waals surface area contributed by atoms with Crippen LogP contribution in [-0.2, 0) is 12.8 Å². The fraction of sp³-hybridized carbons (Fsp3) is 0.583. The second kappa shape index (κ2) is 4.68. The fourth-order valence-corrected chi connectivity index (χ4v) is 2.85. The quantitative estimate of drug-likeness (QED) is 0.897. The highest BCUT2D eigenvalue weighted by Gasteiger charge is 2.27. The number of nitrogens with two attached hydrogens (primary N) is 1. The van der Waals surface area contributed by atoms with Crippen LogP contribution in [0.3, 0.4) is 0 Å². The molecule has 0 radical (unpaired) electrons. The molecular formula is C12H17N5S.